The van der Waals surface area contributed by atoms with Gasteiger partial charge in [-0.2, -0.15) is 5.10 Å². The molecule has 8 heteroatoms. The SMILES string of the molecule is O=C(NCc1ccnc(-n2cccn2)c1)Nc1c(F)cccc1Oc1ccccc1. The van der Waals surface area contributed by atoms with Crippen molar-refractivity contribution < 1.29 is 13.9 Å². The lowest BCUT2D eigenvalue weighted by atomic mass is 10.2. The topological polar surface area (TPSA) is 81.1 Å². The van der Waals surface area contributed by atoms with Crippen molar-refractivity contribution >= 4 is 11.7 Å². The molecule has 0 radical (unpaired) electrons. The summed E-state index contributed by atoms with van der Waals surface area (Å²) in [5.74, 6) is 0.784. The van der Waals surface area contributed by atoms with E-state index < -0.39 is 11.8 Å². The summed E-state index contributed by atoms with van der Waals surface area (Å²) in [6.07, 6.45) is 5.07. The van der Waals surface area contributed by atoms with Crippen molar-refractivity contribution in [2.45, 2.75) is 6.54 Å². The number of hydrogen-bond acceptors (Lipinski definition) is 4. The number of ether oxygens (including phenoxy) is 1. The predicted octanol–water partition coefficient (Wildman–Crippen LogP) is 4.52. The Morgan fingerprint density at radius 3 is 2.70 bits per heavy atom. The Kier molecular flexibility index (Phi) is 5.66. The van der Waals surface area contributed by atoms with Crippen LogP contribution >= 0.6 is 0 Å². The zero-order valence-electron chi connectivity index (χ0n) is 15.8. The Labute approximate surface area is 172 Å². The molecule has 30 heavy (non-hydrogen) atoms. The largest absolute Gasteiger partial charge is 0.455 e. The summed E-state index contributed by atoms with van der Waals surface area (Å²) >= 11 is 0. The van der Waals surface area contributed by atoms with E-state index in [0.717, 1.165) is 5.56 Å². The summed E-state index contributed by atoms with van der Waals surface area (Å²) in [5, 5.41) is 9.37. The van der Waals surface area contributed by atoms with Crippen molar-refractivity contribution in [1.29, 1.82) is 0 Å². The maximum absolute atomic E-state index is 14.3. The Balaban J connectivity index is 1.43. The second-order valence-electron chi connectivity index (χ2n) is 6.31. The van der Waals surface area contributed by atoms with E-state index in [9.17, 15) is 9.18 Å². The van der Waals surface area contributed by atoms with Crippen LogP contribution in [0, 0.1) is 5.82 Å². The molecule has 0 saturated carbocycles. The summed E-state index contributed by atoms with van der Waals surface area (Å²) in [6, 6.07) is 18.1. The van der Waals surface area contributed by atoms with E-state index in [1.807, 2.05) is 6.07 Å². The highest BCUT2D eigenvalue weighted by Gasteiger charge is 2.14. The first-order valence-electron chi connectivity index (χ1n) is 9.20. The molecule has 0 saturated heterocycles. The van der Waals surface area contributed by atoms with Gasteiger partial charge in [0.1, 0.15) is 11.4 Å². The molecule has 2 N–H and O–H groups in total. The number of aromatic nitrogens is 3. The van der Waals surface area contributed by atoms with Crippen LogP contribution in [0.2, 0.25) is 0 Å². The molecule has 0 bridgehead atoms. The van der Waals surface area contributed by atoms with Gasteiger partial charge in [-0.15, -0.1) is 0 Å². The molecule has 4 aromatic rings. The van der Waals surface area contributed by atoms with Crippen LogP contribution in [-0.4, -0.2) is 20.8 Å². The molecule has 0 unspecified atom stereocenters. The molecule has 0 spiro atoms. The van der Waals surface area contributed by atoms with Crippen molar-refractivity contribution in [2.75, 3.05) is 5.32 Å². The average Bonchev–Trinajstić information content (AvgIpc) is 3.31. The highest BCUT2D eigenvalue weighted by molar-refractivity contribution is 5.91. The molecule has 0 aliphatic rings. The van der Waals surface area contributed by atoms with Gasteiger partial charge in [-0.3, -0.25) is 0 Å². The van der Waals surface area contributed by atoms with Gasteiger partial charge in [0.2, 0.25) is 0 Å². The van der Waals surface area contributed by atoms with Crippen LogP contribution < -0.4 is 15.4 Å². The first kappa shape index (κ1) is 19.1. The number of benzene rings is 2. The summed E-state index contributed by atoms with van der Waals surface area (Å²) in [5.41, 5.74) is 0.783. The summed E-state index contributed by atoms with van der Waals surface area (Å²) < 4.78 is 21.7. The minimum absolute atomic E-state index is 0.0363. The first-order chi connectivity index (χ1) is 14.7. The van der Waals surface area contributed by atoms with Gasteiger partial charge in [-0.25, -0.2) is 18.9 Å². The number of carbonyl (C=O) groups excluding carboxylic acids is 1. The number of carbonyl (C=O) groups is 1. The number of urea groups is 1. The summed E-state index contributed by atoms with van der Waals surface area (Å²) in [6.45, 7) is 0.228. The van der Waals surface area contributed by atoms with Gasteiger partial charge in [0.15, 0.2) is 17.4 Å². The van der Waals surface area contributed by atoms with Crippen molar-refractivity contribution in [3.63, 3.8) is 0 Å². The van der Waals surface area contributed by atoms with Gasteiger partial charge < -0.3 is 15.4 Å². The molecule has 150 valence electrons. The third kappa shape index (κ3) is 4.61. The van der Waals surface area contributed by atoms with Crippen LogP contribution in [0.15, 0.2) is 85.3 Å². The molecule has 0 aliphatic heterocycles. The van der Waals surface area contributed by atoms with E-state index in [1.54, 1.807) is 71.8 Å². The average molecular weight is 403 g/mol. The molecule has 4 rings (SSSR count). The maximum Gasteiger partial charge on any atom is 0.319 e. The fourth-order valence-electron chi connectivity index (χ4n) is 2.77. The second-order valence-corrected chi connectivity index (χ2v) is 6.31. The first-order valence-corrected chi connectivity index (χ1v) is 9.20. The minimum atomic E-state index is -0.594. The van der Waals surface area contributed by atoms with Crippen LogP contribution in [0.5, 0.6) is 11.5 Å². The maximum atomic E-state index is 14.3. The van der Waals surface area contributed by atoms with E-state index in [-0.39, 0.29) is 18.0 Å². The Morgan fingerprint density at radius 1 is 1.03 bits per heavy atom. The normalized spacial score (nSPS) is 10.4. The van der Waals surface area contributed by atoms with Crippen LogP contribution in [0.4, 0.5) is 14.9 Å². The number of anilines is 1. The van der Waals surface area contributed by atoms with E-state index in [0.29, 0.717) is 11.6 Å². The number of halogens is 1. The highest BCUT2D eigenvalue weighted by Crippen LogP contribution is 2.31. The molecule has 7 nitrogen and oxygen atoms in total. The van der Waals surface area contributed by atoms with Gasteiger partial charge in [0.25, 0.3) is 0 Å². The van der Waals surface area contributed by atoms with Crippen LogP contribution in [-0.2, 0) is 6.54 Å². The lowest BCUT2D eigenvalue weighted by Crippen LogP contribution is -2.28. The molecule has 2 aromatic heterocycles. The Bertz CT molecular complexity index is 1130. The Hall–Kier alpha value is -4.20. The van der Waals surface area contributed by atoms with Crippen LogP contribution in [0.25, 0.3) is 5.82 Å². The number of nitrogens with zero attached hydrogens (tertiary/aromatic N) is 3. The smallest absolute Gasteiger partial charge is 0.319 e. The number of hydrogen-bond donors (Lipinski definition) is 2. The van der Waals surface area contributed by atoms with Gasteiger partial charge in [0.05, 0.1) is 0 Å². The number of pyridine rings is 1. The fraction of sp³-hybridized carbons (Fsp3) is 0.0455. The lowest BCUT2D eigenvalue weighted by molar-refractivity contribution is 0.251. The third-order valence-electron chi connectivity index (χ3n) is 4.19. The zero-order valence-corrected chi connectivity index (χ0v) is 15.8. The number of amides is 2. The van der Waals surface area contributed by atoms with Crippen LogP contribution in [0.1, 0.15) is 5.56 Å². The van der Waals surface area contributed by atoms with Crippen molar-refractivity contribution in [3.8, 4) is 17.3 Å². The molecule has 2 aromatic carbocycles. The monoisotopic (exact) mass is 403 g/mol. The van der Waals surface area contributed by atoms with Gasteiger partial charge in [-0.1, -0.05) is 24.3 Å². The molecule has 0 fully saturated rings. The van der Waals surface area contributed by atoms with Gasteiger partial charge in [-0.05, 0) is 48.0 Å². The quantitative estimate of drug-likeness (QED) is 0.496. The summed E-state index contributed by atoms with van der Waals surface area (Å²) in [7, 11) is 0. The number of rotatable bonds is 6. The Morgan fingerprint density at radius 2 is 1.90 bits per heavy atom. The standard InChI is InChI=1S/C22H18FN5O2/c23-18-8-4-9-19(30-17-6-2-1-3-7-17)21(18)27-22(29)25-15-16-10-12-24-20(14-16)28-13-5-11-26-28/h1-14H,15H2,(H2,25,27,29). The van der Waals surface area contributed by atoms with Gasteiger partial charge >= 0.3 is 6.03 Å². The van der Waals surface area contributed by atoms with Crippen LogP contribution in [0.3, 0.4) is 0 Å². The zero-order chi connectivity index (χ0) is 20.8. The van der Waals surface area contributed by atoms with E-state index in [2.05, 4.69) is 20.7 Å². The molecule has 0 aliphatic carbocycles. The fourth-order valence-corrected chi connectivity index (χ4v) is 2.77. The van der Waals surface area contributed by atoms with Crippen molar-refractivity contribution in [3.05, 3.63) is 96.7 Å². The minimum Gasteiger partial charge on any atom is -0.455 e. The number of para-hydroxylation sites is 2. The number of nitrogens with one attached hydrogen (secondary N) is 2. The van der Waals surface area contributed by atoms with E-state index >= 15 is 0 Å². The van der Waals surface area contributed by atoms with Crippen molar-refractivity contribution in [1.82, 2.24) is 20.1 Å². The van der Waals surface area contributed by atoms with Crippen molar-refractivity contribution in [2.24, 2.45) is 0 Å². The highest BCUT2D eigenvalue weighted by atomic mass is 19.1. The third-order valence-corrected chi connectivity index (χ3v) is 4.19. The van der Waals surface area contributed by atoms with Gasteiger partial charge in [0, 0.05) is 25.1 Å². The lowest BCUT2D eigenvalue weighted by Gasteiger charge is -2.14. The summed E-state index contributed by atoms with van der Waals surface area (Å²) in [4.78, 5) is 16.6. The molecule has 2 heterocycles. The molecule has 2 amide bonds. The second kappa shape index (κ2) is 8.87. The molecular formula is C22H18FN5O2. The predicted molar refractivity (Wildman–Crippen MR) is 110 cm³/mol. The van der Waals surface area contributed by atoms with E-state index in [4.69, 9.17) is 4.74 Å². The molecular weight excluding hydrogens is 385 g/mol. The molecule has 0 atom stereocenters. The van der Waals surface area contributed by atoms with E-state index in [1.165, 1.54) is 12.1 Å².